The lowest BCUT2D eigenvalue weighted by molar-refractivity contribution is -0.387. The molecule has 0 atom stereocenters. The van der Waals surface area contributed by atoms with Crippen LogP contribution in [0.5, 0.6) is 0 Å². The van der Waals surface area contributed by atoms with E-state index in [1.54, 1.807) is 0 Å². The summed E-state index contributed by atoms with van der Waals surface area (Å²) in [6.45, 7) is 0. The second kappa shape index (κ2) is 5.33. The van der Waals surface area contributed by atoms with Crippen molar-refractivity contribution in [1.82, 2.24) is 0 Å². The topological polar surface area (TPSA) is 61.6 Å². The number of nitro benzene ring substituents is 1. The van der Waals surface area contributed by atoms with Gasteiger partial charge in [0.1, 0.15) is 5.82 Å². The second-order valence-electron chi connectivity index (χ2n) is 2.89. The molecule has 0 aromatic heterocycles. The van der Waals surface area contributed by atoms with Gasteiger partial charge in [-0.2, -0.15) is 0 Å². The van der Waals surface area contributed by atoms with Crippen molar-refractivity contribution in [3.63, 3.8) is 0 Å². The van der Waals surface area contributed by atoms with Crippen LogP contribution < -0.4 is 0 Å². The fourth-order valence-electron chi connectivity index (χ4n) is 1.25. The van der Waals surface area contributed by atoms with Gasteiger partial charge in [0.25, 0.3) is 5.69 Å². The zero-order valence-electron chi connectivity index (χ0n) is 8.57. The van der Waals surface area contributed by atoms with Gasteiger partial charge in [-0.25, -0.2) is 4.39 Å². The molecule has 5 nitrogen and oxygen atoms in total. The third-order valence-electron chi connectivity index (χ3n) is 1.95. The highest BCUT2D eigenvalue weighted by Crippen LogP contribution is 2.32. The Morgan fingerprint density at radius 1 is 1.44 bits per heavy atom. The quantitative estimate of drug-likeness (QED) is 0.486. The van der Waals surface area contributed by atoms with E-state index in [0.717, 1.165) is 12.1 Å². The molecule has 88 valence electrons. The fraction of sp³-hybridized carbons (Fsp3) is 0.333. The Morgan fingerprint density at radius 2 is 2.00 bits per heavy atom. The van der Waals surface area contributed by atoms with Crippen LogP contribution in [-0.4, -0.2) is 19.1 Å². The normalized spacial score (nSPS) is 10.8. The molecule has 1 rings (SSSR count). The Balaban J connectivity index is 3.34. The van der Waals surface area contributed by atoms with E-state index in [4.69, 9.17) is 9.47 Å². The molecule has 0 unspecified atom stereocenters. The summed E-state index contributed by atoms with van der Waals surface area (Å²) in [6, 6.07) is 2.09. The first-order valence-corrected chi connectivity index (χ1v) is 4.99. The molecule has 0 spiro atoms. The highest BCUT2D eigenvalue weighted by Gasteiger charge is 2.24. The van der Waals surface area contributed by atoms with E-state index in [1.807, 2.05) is 0 Å². The fourth-order valence-corrected chi connectivity index (χ4v) is 1.58. The van der Waals surface area contributed by atoms with Crippen molar-refractivity contribution in [2.24, 2.45) is 0 Å². The lowest BCUT2D eigenvalue weighted by Gasteiger charge is -2.14. The van der Waals surface area contributed by atoms with Gasteiger partial charge in [-0.1, -0.05) is 0 Å². The molecular weight excluding hydrogens is 285 g/mol. The van der Waals surface area contributed by atoms with Crippen molar-refractivity contribution in [1.29, 1.82) is 0 Å². The molecule has 0 aliphatic rings. The molecule has 1 aromatic rings. The molecule has 0 amide bonds. The van der Waals surface area contributed by atoms with E-state index >= 15 is 0 Å². The summed E-state index contributed by atoms with van der Waals surface area (Å²) in [5.74, 6) is -0.611. The van der Waals surface area contributed by atoms with Crippen LogP contribution >= 0.6 is 15.9 Å². The molecule has 0 radical (unpaired) electrons. The molecule has 0 aliphatic heterocycles. The Kier molecular flexibility index (Phi) is 4.34. The SMILES string of the molecule is COC(OC)c1cc(F)c(Br)cc1[N+](=O)[O-]. The van der Waals surface area contributed by atoms with Gasteiger partial charge in [-0.15, -0.1) is 0 Å². The Hall–Kier alpha value is -1.05. The molecule has 16 heavy (non-hydrogen) atoms. The average molecular weight is 294 g/mol. The number of nitrogens with zero attached hydrogens (tertiary/aromatic N) is 1. The number of benzene rings is 1. The highest BCUT2D eigenvalue weighted by molar-refractivity contribution is 9.10. The van der Waals surface area contributed by atoms with Gasteiger partial charge >= 0.3 is 0 Å². The van der Waals surface area contributed by atoms with E-state index in [1.165, 1.54) is 14.2 Å². The molecule has 1 aromatic carbocycles. The van der Waals surface area contributed by atoms with Gasteiger partial charge < -0.3 is 9.47 Å². The molecule has 0 fully saturated rings. The predicted molar refractivity (Wildman–Crippen MR) is 57.5 cm³/mol. The number of hydrogen-bond donors (Lipinski definition) is 0. The van der Waals surface area contributed by atoms with Crippen molar-refractivity contribution in [2.45, 2.75) is 6.29 Å². The van der Waals surface area contributed by atoms with Crippen LogP contribution in [0.25, 0.3) is 0 Å². The first kappa shape index (κ1) is 13.0. The van der Waals surface area contributed by atoms with Crippen LogP contribution in [-0.2, 0) is 9.47 Å². The zero-order valence-corrected chi connectivity index (χ0v) is 10.2. The molecule has 0 heterocycles. The van der Waals surface area contributed by atoms with Crippen LogP contribution in [0.15, 0.2) is 16.6 Å². The van der Waals surface area contributed by atoms with Crippen LogP contribution in [0.2, 0.25) is 0 Å². The second-order valence-corrected chi connectivity index (χ2v) is 3.74. The molecule has 0 aliphatic carbocycles. The molecule has 0 saturated heterocycles. The lowest BCUT2D eigenvalue weighted by Crippen LogP contribution is -2.07. The third kappa shape index (κ3) is 2.55. The van der Waals surface area contributed by atoms with Crippen molar-refractivity contribution in [3.8, 4) is 0 Å². The van der Waals surface area contributed by atoms with E-state index in [9.17, 15) is 14.5 Å². The molecule has 0 N–H and O–H groups in total. The predicted octanol–water partition coefficient (Wildman–Crippen LogP) is 2.79. The van der Waals surface area contributed by atoms with Gasteiger partial charge in [-0.05, 0) is 22.0 Å². The summed E-state index contributed by atoms with van der Waals surface area (Å²) >= 11 is 2.88. The summed E-state index contributed by atoms with van der Waals surface area (Å²) in [5.41, 5.74) is -0.224. The number of methoxy groups -OCH3 is 2. The highest BCUT2D eigenvalue weighted by atomic mass is 79.9. The van der Waals surface area contributed by atoms with Gasteiger partial charge in [-0.3, -0.25) is 10.1 Å². The number of hydrogen-bond acceptors (Lipinski definition) is 4. The van der Waals surface area contributed by atoms with Crippen molar-refractivity contribution >= 4 is 21.6 Å². The summed E-state index contributed by atoms with van der Waals surface area (Å²) in [6.07, 6.45) is -0.969. The largest absolute Gasteiger partial charge is 0.351 e. The van der Waals surface area contributed by atoms with Crippen molar-refractivity contribution in [3.05, 3.63) is 38.1 Å². The maximum Gasteiger partial charge on any atom is 0.279 e. The maximum atomic E-state index is 13.3. The van der Waals surface area contributed by atoms with E-state index in [2.05, 4.69) is 15.9 Å². The van der Waals surface area contributed by atoms with E-state index in [-0.39, 0.29) is 15.7 Å². The third-order valence-corrected chi connectivity index (χ3v) is 2.56. The number of rotatable bonds is 4. The van der Waals surface area contributed by atoms with Gasteiger partial charge in [0.2, 0.25) is 0 Å². The summed E-state index contributed by atoms with van der Waals surface area (Å²) in [5, 5.41) is 10.8. The summed E-state index contributed by atoms with van der Waals surface area (Å²) in [4.78, 5) is 10.2. The molecule has 0 bridgehead atoms. The summed E-state index contributed by atoms with van der Waals surface area (Å²) in [7, 11) is 2.63. The average Bonchev–Trinajstić information content (AvgIpc) is 2.24. The minimum absolute atomic E-state index is 0.0221. The van der Waals surface area contributed by atoms with Crippen LogP contribution in [0.3, 0.4) is 0 Å². The minimum Gasteiger partial charge on any atom is -0.351 e. The van der Waals surface area contributed by atoms with E-state index < -0.39 is 17.0 Å². The van der Waals surface area contributed by atoms with Crippen LogP contribution in [0.1, 0.15) is 11.9 Å². The molecule has 0 saturated carbocycles. The van der Waals surface area contributed by atoms with E-state index in [0.29, 0.717) is 0 Å². The Morgan fingerprint density at radius 3 is 2.44 bits per heavy atom. The van der Waals surface area contributed by atoms with Crippen molar-refractivity contribution < 1.29 is 18.8 Å². The van der Waals surface area contributed by atoms with Crippen molar-refractivity contribution in [2.75, 3.05) is 14.2 Å². The number of halogens is 2. The van der Waals surface area contributed by atoms with Gasteiger partial charge in [0.15, 0.2) is 6.29 Å². The van der Waals surface area contributed by atoms with Gasteiger partial charge in [0, 0.05) is 20.3 Å². The molecular formula is C9H9BrFNO4. The minimum atomic E-state index is -0.969. The Bertz CT molecular complexity index is 409. The maximum absolute atomic E-state index is 13.3. The smallest absolute Gasteiger partial charge is 0.279 e. The first-order valence-electron chi connectivity index (χ1n) is 4.20. The number of ether oxygens (including phenoxy) is 2. The number of nitro groups is 1. The Labute approximate surface area is 99.4 Å². The van der Waals surface area contributed by atoms with Crippen LogP contribution in [0.4, 0.5) is 10.1 Å². The first-order chi connectivity index (χ1) is 7.51. The van der Waals surface area contributed by atoms with Crippen LogP contribution in [0, 0.1) is 15.9 Å². The summed E-state index contributed by atoms with van der Waals surface area (Å²) < 4.78 is 23.0. The zero-order chi connectivity index (χ0) is 12.3. The lowest BCUT2D eigenvalue weighted by atomic mass is 10.1. The van der Waals surface area contributed by atoms with Gasteiger partial charge in [0.05, 0.1) is 15.0 Å². The standard InChI is InChI=1S/C9H9BrFNO4/c1-15-9(16-2)5-3-7(11)6(10)4-8(5)12(13)14/h3-4,9H,1-2H3. The molecule has 7 heteroatoms. The monoisotopic (exact) mass is 293 g/mol.